The van der Waals surface area contributed by atoms with Gasteiger partial charge in [0.25, 0.3) is 0 Å². The summed E-state index contributed by atoms with van der Waals surface area (Å²) in [5.74, 6) is 0.854. The maximum Gasteiger partial charge on any atom is 0.194 e. The molecule has 3 aromatic rings. The van der Waals surface area contributed by atoms with Crippen molar-refractivity contribution in [2.24, 2.45) is 5.73 Å². The Morgan fingerprint density at radius 3 is 2.65 bits per heavy atom. The van der Waals surface area contributed by atoms with Gasteiger partial charge in [0.05, 0.1) is 18.0 Å². The minimum atomic E-state index is 0.0412. The molecule has 4 nitrogen and oxygen atoms in total. The maximum atomic E-state index is 6.10. The Morgan fingerprint density at radius 1 is 1.26 bits per heavy atom. The summed E-state index contributed by atoms with van der Waals surface area (Å²) < 4.78 is 7.99. The van der Waals surface area contributed by atoms with Crippen LogP contribution in [0, 0.1) is 0 Å². The quantitative estimate of drug-likeness (QED) is 0.780. The van der Waals surface area contributed by atoms with Crippen LogP contribution in [0.4, 0.5) is 0 Å². The van der Waals surface area contributed by atoms with Gasteiger partial charge in [-0.05, 0) is 19.1 Å². The average Bonchev–Trinajstić information content (AvgIpc) is 3.05. The molecule has 2 N–H and O–H groups in total. The summed E-state index contributed by atoms with van der Waals surface area (Å²) in [6, 6.07) is 8.02. The van der Waals surface area contributed by atoms with Crippen molar-refractivity contribution in [3.05, 3.63) is 41.0 Å². The second kappa shape index (κ2) is 5.98. The molecule has 0 saturated heterocycles. The largest absolute Gasteiger partial charge is 0.493 e. The van der Waals surface area contributed by atoms with Gasteiger partial charge in [0.15, 0.2) is 4.96 Å². The number of hydrogen-bond acceptors (Lipinski definition) is 4. The van der Waals surface area contributed by atoms with E-state index < -0.39 is 0 Å². The monoisotopic (exact) mass is 329 g/mol. The van der Waals surface area contributed by atoms with E-state index in [0.717, 1.165) is 27.7 Å². The Bertz CT molecular complexity index is 827. The minimum Gasteiger partial charge on any atom is -0.493 e. The molecule has 0 saturated carbocycles. The van der Waals surface area contributed by atoms with Crippen molar-refractivity contribution in [2.45, 2.75) is 39.7 Å². The summed E-state index contributed by atoms with van der Waals surface area (Å²) in [5.41, 5.74) is 10.3. The van der Waals surface area contributed by atoms with Crippen LogP contribution in [0.3, 0.4) is 0 Å². The van der Waals surface area contributed by atoms with E-state index in [1.165, 1.54) is 5.69 Å². The molecular weight excluding hydrogens is 306 g/mol. The Morgan fingerprint density at radius 2 is 2.00 bits per heavy atom. The smallest absolute Gasteiger partial charge is 0.194 e. The molecule has 0 unspecified atom stereocenters. The summed E-state index contributed by atoms with van der Waals surface area (Å²) in [7, 11) is 0. The third-order valence-electron chi connectivity index (χ3n) is 3.86. The third-order valence-corrected chi connectivity index (χ3v) is 4.69. The molecule has 0 amide bonds. The standard InChI is InChI=1S/C18H23N3OS/c1-5-22-14-9-7-6-8-12(14)16-13(10-19)21-15(18(2,3)4)11-23-17(21)20-16/h6-9,11H,5,10,19H2,1-4H3. The Balaban J connectivity index is 2.26. The van der Waals surface area contributed by atoms with Crippen LogP contribution in [-0.4, -0.2) is 16.0 Å². The van der Waals surface area contributed by atoms with E-state index in [1.54, 1.807) is 11.3 Å². The van der Waals surface area contributed by atoms with Gasteiger partial charge in [-0.2, -0.15) is 0 Å². The molecule has 0 spiro atoms. The highest BCUT2D eigenvalue weighted by Crippen LogP contribution is 2.36. The van der Waals surface area contributed by atoms with E-state index in [2.05, 4.69) is 30.6 Å². The highest BCUT2D eigenvalue weighted by atomic mass is 32.1. The van der Waals surface area contributed by atoms with Crippen molar-refractivity contribution in [3.8, 4) is 17.0 Å². The van der Waals surface area contributed by atoms with Crippen LogP contribution in [0.5, 0.6) is 5.75 Å². The van der Waals surface area contributed by atoms with Crippen molar-refractivity contribution in [3.63, 3.8) is 0 Å². The first-order chi connectivity index (χ1) is 11.0. The topological polar surface area (TPSA) is 52.5 Å². The lowest BCUT2D eigenvalue weighted by Gasteiger charge is -2.18. The average molecular weight is 329 g/mol. The number of para-hydroxylation sites is 1. The zero-order valence-electron chi connectivity index (χ0n) is 14.1. The number of nitrogens with zero attached hydrogens (tertiary/aromatic N) is 2. The van der Waals surface area contributed by atoms with Crippen molar-refractivity contribution < 1.29 is 4.74 Å². The molecule has 122 valence electrons. The van der Waals surface area contributed by atoms with Gasteiger partial charge in [-0.15, -0.1) is 11.3 Å². The van der Waals surface area contributed by atoms with Crippen molar-refractivity contribution in [1.82, 2.24) is 9.38 Å². The normalized spacial score (nSPS) is 12.0. The summed E-state index contributed by atoms with van der Waals surface area (Å²) in [5, 5.41) is 2.18. The summed E-state index contributed by atoms with van der Waals surface area (Å²) in [6.07, 6.45) is 0. The fourth-order valence-electron chi connectivity index (χ4n) is 2.78. The van der Waals surface area contributed by atoms with Crippen molar-refractivity contribution in [1.29, 1.82) is 0 Å². The lowest BCUT2D eigenvalue weighted by molar-refractivity contribution is 0.341. The molecule has 3 rings (SSSR count). The van der Waals surface area contributed by atoms with Crippen LogP contribution < -0.4 is 10.5 Å². The fraction of sp³-hybridized carbons (Fsp3) is 0.389. The first kappa shape index (κ1) is 16.0. The van der Waals surface area contributed by atoms with Gasteiger partial charge in [-0.1, -0.05) is 32.9 Å². The molecule has 0 fully saturated rings. The molecule has 0 bridgehead atoms. The van der Waals surface area contributed by atoms with Gasteiger partial charge in [0.1, 0.15) is 5.75 Å². The molecule has 0 aliphatic carbocycles. The lowest BCUT2D eigenvalue weighted by Crippen LogP contribution is -2.16. The van der Waals surface area contributed by atoms with Crippen LogP contribution in [0.1, 0.15) is 39.1 Å². The molecule has 0 radical (unpaired) electrons. The molecule has 2 aromatic heterocycles. The predicted octanol–water partition coefficient (Wildman–Crippen LogP) is 4.22. The highest BCUT2D eigenvalue weighted by molar-refractivity contribution is 7.15. The molecule has 0 aliphatic heterocycles. The molecule has 0 aliphatic rings. The van der Waals surface area contributed by atoms with Gasteiger partial charge >= 0.3 is 0 Å². The number of benzene rings is 1. The molecule has 1 aromatic carbocycles. The van der Waals surface area contributed by atoms with Gasteiger partial charge < -0.3 is 10.5 Å². The zero-order valence-corrected chi connectivity index (χ0v) is 14.9. The second-order valence-electron chi connectivity index (χ2n) is 6.53. The second-order valence-corrected chi connectivity index (χ2v) is 7.37. The third kappa shape index (κ3) is 2.75. The Kier molecular flexibility index (Phi) is 4.17. The lowest BCUT2D eigenvalue weighted by atomic mass is 9.93. The van der Waals surface area contributed by atoms with Crippen molar-refractivity contribution in [2.75, 3.05) is 6.61 Å². The predicted molar refractivity (Wildman–Crippen MR) is 96.3 cm³/mol. The number of thiazole rings is 1. The fourth-order valence-corrected chi connectivity index (χ4v) is 3.91. The number of aromatic nitrogens is 2. The molecule has 0 atom stereocenters. The Labute approximate surface area is 140 Å². The zero-order chi connectivity index (χ0) is 16.6. The van der Waals surface area contributed by atoms with E-state index >= 15 is 0 Å². The van der Waals surface area contributed by atoms with Gasteiger partial charge in [-0.25, -0.2) is 4.98 Å². The van der Waals surface area contributed by atoms with Gasteiger partial charge in [0.2, 0.25) is 0 Å². The maximum absolute atomic E-state index is 6.10. The van der Waals surface area contributed by atoms with Crippen LogP contribution in [0.2, 0.25) is 0 Å². The molecule has 23 heavy (non-hydrogen) atoms. The Hall–Kier alpha value is -1.85. The highest BCUT2D eigenvalue weighted by Gasteiger charge is 2.24. The van der Waals surface area contributed by atoms with Crippen LogP contribution in [0.25, 0.3) is 16.2 Å². The number of imidazole rings is 1. The van der Waals surface area contributed by atoms with E-state index in [0.29, 0.717) is 13.2 Å². The number of ether oxygens (including phenoxy) is 1. The van der Waals surface area contributed by atoms with E-state index in [4.69, 9.17) is 15.5 Å². The summed E-state index contributed by atoms with van der Waals surface area (Å²) >= 11 is 1.66. The summed E-state index contributed by atoms with van der Waals surface area (Å²) in [4.78, 5) is 5.84. The minimum absolute atomic E-state index is 0.0412. The first-order valence-electron chi connectivity index (χ1n) is 7.89. The van der Waals surface area contributed by atoms with Gasteiger partial charge in [0, 0.05) is 28.6 Å². The van der Waals surface area contributed by atoms with E-state index in [-0.39, 0.29) is 5.41 Å². The van der Waals surface area contributed by atoms with Gasteiger partial charge in [-0.3, -0.25) is 4.40 Å². The molecule has 2 heterocycles. The van der Waals surface area contributed by atoms with Crippen LogP contribution in [0.15, 0.2) is 29.6 Å². The number of rotatable bonds is 4. The van der Waals surface area contributed by atoms with E-state index in [9.17, 15) is 0 Å². The van der Waals surface area contributed by atoms with Crippen molar-refractivity contribution >= 4 is 16.3 Å². The summed E-state index contributed by atoms with van der Waals surface area (Å²) in [6.45, 7) is 9.69. The number of fused-ring (bicyclic) bond motifs is 1. The first-order valence-corrected chi connectivity index (χ1v) is 8.77. The number of nitrogens with two attached hydrogens (primary N) is 1. The SMILES string of the molecule is CCOc1ccccc1-c1nc2scc(C(C)(C)C)n2c1CN. The molecule has 5 heteroatoms. The van der Waals surface area contributed by atoms with E-state index in [1.807, 2.05) is 31.2 Å². The number of hydrogen-bond donors (Lipinski definition) is 1. The van der Waals surface area contributed by atoms with Crippen LogP contribution in [-0.2, 0) is 12.0 Å². The molecular formula is C18H23N3OS. The van der Waals surface area contributed by atoms with Crippen LogP contribution >= 0.6 is 11.3 Å².